The van der Waals surface area contributed by atoms with E-state index in [2.05, 4.69) is 14.7 Å². The third-order valence-electron chi connectivity index (χ3n) is 1.93. The topological polar surface area (TPSA) is 94.8 Å². The third-order valence-corrected chi connectivity index (χ3v) is 3.63. The van der Waals surface area contributed by atoms with Crippen molar-refractivity contribution in [1.82, 2.24) is 9.97 Å². The van der Waals surface area contributed by atoms with E-state index in [1.54, 1.807) is 6.07 Å². The second-order valence-corrected chi connectivity index (χ2v) is 5.47. The van der Waals surface area contributed by atoms with Crippen molar-refractivity contribution in [2.45, 2.75) is 0 Å². The van der Waals surface area contributed by atoms with E-state index in [0.29, 0.717) is 16.7 Å². The van der Waals surface area contributed by atoms with Gasteiger partial charge in [0.05, 0.1) is 16.7 Å². The molecule has 0 atom stereocenters. The molecule has 1 aromatic carbocycles. The van der Waals surface area contributed by atoms with Crippen LogP contribution >= 0.6 is 11.6 Å². The summed E-state index contributed by atoms with van der Waals surface area (Å²) in [5.41, 5.74) is 1.15. The molecule has 0 unspecified atom stereocenters. The number of fused-ring (bicyclic) bond motifs is 1. The summed E-state index contributed by atoms with van der Waals surface area (Å²) in [6.45, 7) is 0. The van der Waals surface area contributed by atoms with E-state index in [-0.39, 0.29) is 5.69 Å². The molecule has 3 N–H and O–H groups in total. The van der Waals surface area contributed by atoms with Gasteiger partial charge in [-0.3, -0.25) is 4.72 Å². The maximum atomic E-state index is 11.2. The number of imidazole rings is 1. The summed E-state index contributed by atoms with van der Waals surface area (Å²) in [6, 6.07) is 4.65. The van der Waals surface area contributed by atoms with Crippen molar-refractivity contribution < 1.29 is 8.42 Å². The molecular weight excluding hydrogens is 254 g/mol. The quantitative estimate of drug-likeness (QED) is 0.713. The molecule has 8 heteroatoms. The van der Waals surface area contributed by atoms with E-state index in [1.807, 2.05) is 0 Å². The predicted octanol–water partition coefficient (Wildman–Crippen LogP) is 0.794. The van der Waals surface area contributed by atoms with Crippen molar-refractivity contribution in [3.63, 3.8) is 0 Å². The normalized spacial score (nSPS) is 11.8. The van der Waals surface area contributed by atoms with Crippen LogP contribution in [-0.4, -0.2) is 23.6 Å². The molecule has 6 nitrogen and oxygen atoms in total. The zero-order chi connectivity index (χ0) is 11.8. The van der Waals surface area contributed by atoms with Crippen LogP contribution < -0.4 is 10.4 Å². The Morgan fingerprint density at radius 1 is 1.25 bits per heavy atom. The van der Waals surface area contributed by atoms with Gasteiger partial charge in [0, 0.05) is 0 Å². The number of halogens is 1. The Labute approximate surface area is 95.7 Å². The minimum absolute atomic E-state index is 0.340. The van der Waals surface area contributed by atoms with Crippen molar-refractivity contribution in [3.8, 4) is 0 Å². The Bertz CT molecular complexity index is 673. The van der Waals surface area contributed by atoms with Crippen LogP contribution in [0.25, 0.3) is 11.0 Å². The molecule has 0 amide bonds. The van der Waals surface area contributed by atoms with Gasteiger partial charge in [-0.1, -0.05) is 0 Å². The van der Waals surface area contributed by atoms with Crippen LogP contribution in [0.3, 0.4) is 0 Å². The fourth-order valence-corrected chi connectivity index (χ4v) is 2.01. The highest BCUT2D eigenvalue weighted by molar-refractivity contribution is 7.93. The van der Waals surface area contributed by atoms with Gasteiger partial charge in [-0.2, -0.15) is 0 Å². The number of aromatic amines is 2. The minimum Gasteiger partial charge on any atom is -0.306 e. The molecule has 1 heterocycles. The lowest BCUT2D eigenvalue weighted by Gasteiger charge is -2.04. The number of sulfonamides is 1. The van der Waals surface area contributed by atoms with E-state index in [9.17, 15) is 13.2 Å². The summed E-state index contributed by atoms with van der Waals surface area (Å²) in [5.74, 6) is 0. The fraction of sp³-hybridized carbons (Fsp3) is 0.125. The van der Waals surface area contributed by atoms with Gasteiger partial charge in [-0.25, -0.2) is 13.2 Å². The number of anilines is 1. The predicted molar refractivity (Wildman–Crippen MR) is 62.2 cm³/mol. The molecule has 16 heavy (non-hydrogen) atoms. The van der Waals surface area contributed by atoms with Crippen LogP contribution in [0.2, 0.25) is 0 Å². The van der Waals surface area contributed by atoms with Gasteiger partial charge in [0.15, 0.2) is 0 Å². The fourth-order valence-electron chi connectivity index (χ4n) is 1.30. The number of hydrogen-bond acceptors (Lipinski definition) is 3. The van der Waals surface area contributed by atoms with Crippen LogP contribution in [0.4, 0.5) is 5.69 Å². The Balaban J connectivity index is 2.43. The molecule has 0 saturated heterocycles. The SMILES string of the molecule is O=c1[nH]c2ccc(NS(=O)(=O)CCl)cc2[nH]1. The molecule has 2 rings (SSSR count). The van der Waals surface area contributed by atoms with Crippen molar-refractivity contribution in [2.75, 3.05) is 9.93 Å². The number of H-pyrrole nitrogens is 2. The van der Waals surface area contributed by atoms with Gasteiger partial charge in [-0.05, 0) is 18.2 Å². The number of alkyl halides is 1. The molecular formula is C8H8ClN3O3S. The first-order valence-corrected chi connectivity index (χ1v) is 6.47. The summed E-state index contributed by atoms with van der Waals surface area (Å²) < 4.78 is 24.6. The summed E-state index contributed by atoms with van der Waals surface area (Å²) in [6.07, 6.45) is 0. The maximum absolute atomic E-state index is 11.2. The molecule has 0 aliphatic carbocycles. The minimum atomic E-state index is -3.52. The van der Waals surface area contributed by atoms with E-state index in [0.717, 1.165) is 0 Å². The van der Waals surface area contributed by atoms with Crippen molar-refractivity contribution in [1.29, 1.82) is 0 Å². The molecule has 1 aromatic heterocycles. The Hall–Kier alpha value is -1.47. The standard InChI is InChI=1S/C8H8ClN3O3S/c9-4-16(14,15)12-5-1-2-6-7(3-5)11-8(13)10-6/h1-3,12H,4H2,(H2,10,11,13). The van der Waals surface area contributed by atoms with Crippen LogP contribution in [0.5, 0.6) is 0 Å². The zero-order valence-electron chi connectivity index (χ0n) is 7.95. The largest absolute Gasteiger partial charge is 0.323 e. The van der Waals surface area contributed by atoms with Crippen molar-refractivity contribution >= 4 is 38.3 Å². The second kappa shape index (κ2) is 3.84. The highest BCUT2D eigenvalue weighted by Crippen LogP contribution is 2.15. The number of aromatic nitrogens is 2. The summed E-state index contributed by atoms with van der Waals surface area (Å²) >= 11 is 5.25. The average molecular weight is 262 g/mol. The highest BCUT2D eigenvalue weighted by Gasteiger charge is 2.08. The lowest BCUT2D eigenvalue weighted by atomic mass is 10.3. The van der Waals surface area contributed by atoms with E-state index in [4.69, 9.17) is 11.6 Å². The maximum Gasteiger partial charge on any atom is 0.323 e. The number of nitrogens with one attached hydrogen (secondary N) is 3. The van der Waals surface area contributed by atoms with E-state index in [1.165, 1.54) is 12.1 Å². The lowest BCUT2D eigenvalue weighted by molar-refractivity contribution is 0.605. The first kappa shape index (κ1) is 11.0. The van der Waals surface area contributed by atoms with Gasteiger partial charge in [0.2, 0.25) is 10.0 Å². The Morgan fingerprint density at radius 2 is 1.94 bits per heavy atom. The van der Waals surface area contributed by atoms with Crippen LogP contribution in [0, 0.1) is 0 Å². The van der Waals surface area contributed by atoms with Crippen LogP contribution in [0.1, 0.15) is 0 Å². The number of benzene rings is 1. The van der Waals surface area contributed by atoms with E-state index >= 15 is 0 Å². The number of hydrogen-bond donors (Lipinski definition) is 3. The Kier molecular flexibility index (Phi) is 2.64. The van der Waals surface area contributed by atoms with Gasteiger partial charge in [0.25, 0.3) is 0 Å². The molecule has 0 fully saturated rings. The average Bonchev–Trinajstić information content (AvgIpc) is 2.57. The van der Waals surface area contributed by atoms with Gasteiger partial charge in [0.1, 0.15) is 5.21 Å². The monoisotopic (exact) mass is 261 g/mol. The second-order valence-electron chi connectivity index (χ2n) is 3.17. The van der Waals surface area contributed by atoms with Gasteiger partial charge >= 0.3 is 5.69 Å². The summed E-state index contributed by atoms with van der Waals surface area (Å²) in [7, 11) is -3.52. The van der Waals surface area contributed by atoms with Gasteiger partial charge < -0.3 is 9.97 Å². The molecule has 0 saturated carbocycles. The molecule has 0 spiro atoms. The first-order chi connectivity index (χ1) is 7.50. The highest BCUT2D eigenvalue weighted by atomic mass is 35.5. The van der Waals surface area contributed by atoms with Crippen molar-refractivity contribution in [3.05, 3.63) is 28.7 Å². The molecule has 0 radical (unpaired) electrons. The summed E-state index contributed by atoms with van der Waals surface area (Å²) in [5, 5.41) is -0.519. The smallest absolute Gasteiger partial charge is 0.306 e. The van der Waals surface area contributed by atoms with Crippen LogP contribution in [0.15, 0.2) is 23.0 Å². The summed E-state index contributed by atoms with van der Waals surface area (Å²) in [4.78, 5) is 16.0. The van der Waals surface area contributed by atoms with Crippen molar-refractivity contribution in [2.24, 2.45) is 0 Å². The lowest BCUT2D eigenvalue weighted by Crippen LogP contribution is -2.13. The molecule has 0 aliphatic heterocycles. The first-order valence-electron chi connectivity index (χ1n) is 4.29. The molecule has 86 valence electrons. The van der Waals surface area contributed by atoms with Gasteiger partial charge in [-0.15, -0.1) is 11.6 Å². The molecule has 2 aromatic rings. The third kappa shape index (κ3) is 2.20. The Morgan fingerprint density at radius 3 is 2.62 bits per heavy atom. The van der Waals surface area contributed by atoms with Crippen LogP contribution in [-0.2, 0) is 10.0 Å². The zero-order valence-corrected chi connectivity index (χ0v) is 9.52. The number of rotatable bonds is 3. The van der Waals surface area contributed by atoms with E-state index < -0.39 is 15.2 Å². The molecule has 0 bridgehead atoms. The molecule has 0 aliphatic rings.